The minimum absolute atomic E-state index is 0.621. The number of halogens is 1. The molecule has 1 aromatic heterocycles. The summed E-state index contributed by atoms with van der Waals surface area (Å²) >= 11 is 5.81. The molecule has 0 bridgehead atoms. The van der Waals surface area contributed by atoms with E-state index in [1.807, 2.05) is 11.3 Å². The zero-order chi connectivity index (χ0) is 10.3. The van der Waals surface area contributed by atoms with E-state index in [0.29, 0.717) is 4.83 Å². The van der Waals surface area contributed by atoms with Crippen molar-refractivity contribution in [3.05, 3.63) is 22.4 Å². The molecule has 2 fully saturated rings. The number of alkyl halides is 1. The molecule has 15 heavy (non-hydrogen) atoms. The predicted molar refractivity (Wildman–Crippen MR) is 69.6 cm³/mol. The van der Waals surface area contributed by atoms with E-state index in [4.69, 9.17) is 0 Å². The molecule has 0 nitrogen and oxygen atoms in total. The Bertz CT molecular complexity index is 326. The van der Waals surface area contributed by atoms with E-state index < -0.39 is 0 Å². The normalized spacial score (nSPS) is 30.3. The molecule has 0 amide bonds. The van der Waals surface area contributed by atoms with E-state index in [1.165, 1.54) is 43.4 Å². The highest BCUT2D eigenvalue weighted by molar-refractivity contribution is 9.09. The minimum Gasteiger partial charge on any atom is -0.148 e. The van der Waals surface area contributed by atoms with Crippen molar-refractivity contribution in [3.63, 3.8) is 0 Å². The molecule has 0 N–H and O–H groups in total. The molecule has 3 rings (SSSR count). The Morgan fingerprint density at radius 1 is 1.40 bits per heavy atom. The van der Waals surface area contributed by atoms with E-state index in [9.17, 15) is 0 Å². The second-order valence-corrected chi connectivity index (χ2v) is 7.24. The summed E-state index contributed by atoms with van der Waals surface area (Å²) in [6.45, 7) is 0. The van der Waals surface area contributed by atoms with Gasteiger partial charge in [0.15, 0.2) is 0 Å². The van der Waals surface area contributed by atoms with Gasteiger partial charge in [0.1, 0.15) is 0 Å². The molecular formula is C13H17BrS. The van der Waals surface area contributed by atoms with Crippen LogP contribution in [0.4, 0.5) is 0 Å². The maximum atomic E-state index is 3.92. The van der Waals surface area contributed by atoms with Crippen molar-refractivity contribution >= 4 is 27.3 Å². The lowest BCUT2D eigenvalue weighted by atomic mass is 9.77. The highest BCUT2D eigenvalue weighted by Gasteiger charge is 2.46. The average molecular weight is 285 g/mol. The minimum atomic E-state index is 0.621. The third-order valence-electron chi connectivity index (χ3n) is 4.16. The third kappa shape index (κ3) is 2.03. The van der Waals surface area contributed by atoms with Crippen molar-refractivity contribution in [2.45, 2.75) is 43.4 Å². The molecule has 2 atom stereocenters. The summed E-state index contributed by atoms with van der Waals surface area (Å²) in [5, 5.41) is 2.19. The first-order chi connectivity index (χ1) is 7.29. The van der Waals surface area contributed by atoms with Crippen LogP contribution in [-0.2, 0) is 0 Å². The molecule has 82 valence electrons. The summed E-state index contributed by atoms with van der Waals surface area (Å²) in [5.41, 5.74) is 0.798. The first kappa shape index (κ1) is 10.3. The van der Waals surface area contributed by atoms with Crippen LogP contribution >= 0.6 is 27.3 Å². The van der Waals surface area contributed by atoms with Crippen molar-refractivity contribution in [2.75, 3.05) is 0 Å². The van der Waals surface area contributed by atoms with Gasteiger partial charge in [0, 0.05) is 4.88 Å². The summed E-state index contributed by atoms with van der Waals surface area (Å²) < 4.78 is 0. The third-order valence-corrected chi connectivity index (χ3v) is 6.66. The van der Waals surface area contributed by atoms with Crippen LogP contribution in [-0.4, -0.2) is 0 Å². The van der Waals surface area contributed by atoms with Gasteiger partial charge in [-0.15, -0.1) is 11.3 Å². The molecular weight excluding hydrogens is 268 g/mol. The Kier molecular flexibility index (Phi) is 2.68. The van der Waals surface area contributed by atoms with Gasteiger partial charge in [-0.1, -0.05) is 28.4 Å². The van der Waals surface area contributed by atoms with Gasteiger partial charge in [-0.05, 0) is 54.9 Å². The van der Waals surface area contributed by atoms with E-state index in [0.717, 1.165) is 11.3 Å². The van der Waals surface area contributed by atoms with E-state index in [1.54, 1.807) is 0 Å². The molecule has 2 unspecified atom stereocenters. The second-order valence-electron chi connectivity index (χ2n) is 5.27. The molecule has 0 radical (unpaired) electrons. The predicted octanol–water partition coefficient (Wildman–Crippen LogP) is 5.15. The Labute approximate surface area is 104 Å². The summed E-state index contributed by atoms with van der Waals surface area (Å²) in [6, 6.07) is 4.45. The Morgan fingerprint density at radius 2 is 2.27 bits per heavy atom. The average Bonchev–Trinajstić information content (AvgIpc) is 2.84. The molecule has 2 aliphatic carbocycles. The quantitative estimate of drug-likeness (QED) is 0.659. The maximum absolute atomic E-state index is 3.92. The van der Waals surface area contributed by atoms with E-state index >= 15 is 0 Å². The molecule has 1 heterocycles. The van der Waals surface area contributed by atoms with Crippen LogP contribution < -0.4 is 0 Å². The molecule has 2 aliphatic rings. The second kappa shape index (κ2) is 3.89. The lowest BCUT2D eigenvalue weighted by Crippen LogP contribution is -2.19. The highest BCUT2D eigenvalue weighted by atomic mass is 79.9. The van der Waals surface area contributed by atoms with Gasteiger partial charge in [-0.2, -0.15) is 0 Å². The van der Waals surface area contributed by atoms with Crippen molar-refractivity contribution in [1.29, 1.82) is 0 Å². The first-order valence-electron chi connectivity index (χ1n) is 5.97. The van der Waals surface area contributed by atoms with Crippen LogP contribution in [0.5, 0.6) is 0 Å². The van der Waals surface area contributed by atoms with Crippen molar-refractivity contribution in [2.24, 2.45) is 11.3 Å². The van der Waals surface area contributed by atoms with Crippen LogP contribution in [0.15, 0.2) is 17.5 Å². The van der Waals surface area contributed by atoms with Crippen LogP contribution in [0.3, 0.4) is 0 Å². The zero-order valence-electron chi connectivity index (χ0n) is 8.92. The molecule has 1 spiro atoms. The molecule has 0 saturated heterocycles. The number of rotatable bonds is 2. The molecule has 2 saturated carbocycles. The molecule has 0 aliphatic heterocycles. The maximum Gasteiger partial charge on any atom is 0.0517 e. The lowest BCUT2D eigenvalue weighted by molar-refractivity contribution is 0.246. The standard InChI is InChI=1S/C13H17BrS/c14-12(11-4-2-8-15-11)10-3-1-5-13(9-10)6-7-13/h2,4,8,10,12H,1,3,5-7,9H2. The van der Waals surface area contributed by atoms with Gasteiger partial charge in [0.2, 0.25) is 0 Å². The summed E-state index contributed by atoms with van der Waals surface area (Å²) in [7, 11) is 0. The van der Waals surface area contributed by atoms with E-state index in [-0.39, 0.29) is 0 Å². The van der Waals surface area contributed by atoms with Crippen molar-refractivity contribution in [1.82, 2.24) is 0 Å². The van der Waals surface area contributed by atoms with Crippen LogP contribution in [0.2, 0.25) is 0 Å². The van der Waals surface area contributed by atoms with Gasteiger partial charge in [-0.3, -0.25) is 0 Å². The number of hydrogen-bond donors (Lipinski definition) is 0. The molecule has 2 heteroatoms. The summed E-state index contributed by atoms with van der Waals surface area (Å²) in [5.74, 6) is 0.889. The van der Waals surface area contributed by atoms with Crippen LogP contribution in [0, 0.1) is 11.3 Å². The van der Waals surface area contributed by atoms with Crippen molar-refractivity contribution < 1.29 is 0 Å². The fraction of sp³-hybridized carbons (Fsp3) is 0.692. The zero-order valence-corrected chi connectivity index (χ0v) is 11.3. The van der Waals surface area contributed by atoms with Gasteiger partial charge in [0.05, 0.1) is 4.83 Å². The Balaban J connectivity index is 1.71. The molecule has 1 aromatic rings. The number of hydrogen-bond acceptors (Lipinski definition) is 1. The monoisotopic (exact) mass is 284 g/mol. The smallest absolute Gasteiger partial charge is 0.0517 e. The summed E-state index contributed by atoms with van der Waals surface area (Å²) in [6.07, 6.45) is 8.88. The highest BCUT2D eigenvalue weighted by Crippen LogP contribution is 2.60. The SMILES string of the molecule is BrC(c1cccs1)C1CCCC2(CC2)C1. The van der Waals surface area contributed by atoms with Gasteiger partial charge < -0.3 is 0 Å². The Hall–Kier alpha value is 0.180. The van der Waals surface area contributed by atoms with Crippen LogP contribution in [0.25, 0.3) is 0 Å². The van der Waals surface area contributed by atoms with Gasteiger partial charge >= 0.3 is 0 Å². The van der Waals surface area contributed by atoms with Gasteiger partial charge in [0.25, 0.3) is 0 Å². The molecule has 0 aromatic carbocycles. The topological polar surface area (TPSA) is 0 Å². The van der Waals surface area contributed by atoms with Crippen LogP contribution in [0.1, 0.15) is 48.2 Å². The fourth-order valence-electron chi connectivity index (χ4n) is 3.06. The number of thiophene rings is 1. The largest absolute Gasteiger partial charge is 0.148 e. The van der Waals surface area contributed by atoms with Gasteiger partial charge in [-0.25, -0.2) is 0 Å². The Morgan fingerprint density at radius 3 is 2.93 bits per heavy atom. The first-order valence-corrected chi connectivity index (χ1v) is 7.76. The fourth-order valence-corrected chi connectivity index (χ4v) is 4.78. The van der Waals surface area contributed by atoms with Crippen molar-refractivity contribution in [3.8, 4) is 0 Å². The van der Waals surface area contributed by atoms with E-state index in [2.05, 4.69) is 33.4 Å². The summed E-state index contributed by atoms with van der Waals surface area (Å²) in [4.78, 5) is 2.15. The lowest BCUT2D eigenvalue weighted by Gasteiger charge is -2.32.